The van der Waals surface area contributed by atoms with Crippen molar-refractivity contribution in [2.45, 2.75) is 18.7 Å². The highest BCUT2D eigenvalue weighted by Crippen LogP contribution is 2.16. The molecule has 8 heteroatoms. The topological polar surface area (TPSA) is 79.5 Å². The van der Waals surface area contributed by atoms with E-state index < -0.39 is 11.8 Å². The standard InChI is InChI=1S/C21H26F2N4OS/c1-25-21(26-11-15-5-8-19(23)10-17(15)13-29-2)27-12-16(20(24)28)9-14-3-6-18(22)7-4-14/h3-8,10,16H,9,11-13H2,1-2H3,(H2,24,28)(H2,25,26,27). The summed E-state index contributed by atoms with van der Waals surface area (Å²) in [7, 11) is 1.63. The molecular formula is C21H26F2N4OS. The van der Waals surface area contributed by atoms with Gasteiger partial charge in [0.1, 0.15) is 11.6 Å². The maximum atomic E-state index is 13.5. The van der Waals surface area contributed by atoms with Crippen molar-refractivity contribution in [2.75, 3.05) is 19.8 Å². The number of halogens is 2. The van der Waals surface area contributed by atoms with E-state index in [4.69, 9.17) is 5.73 Å². The Balaban J connectivity index is 1.94. The molecule has 2 aromatic carbocycles. The lowest BCUT2D eigenvalue weighted by Crippen LogP contribution is -2.43. The molecule has 0 saturated heterocycles. The number of aliphatic imine (C=N–C) groups is 1. The number of hydrogen-bond donors (Lipinski definition) is 3. The van der Waals surface area contributed by atoms with Gasteiger partial charge in [-0.2, -0.15) is 11.8 Å². The second-order valence-electron chi connectivity index (χ2n) is 6.58. The van der Waals surface area contributed by atoms with Gasteiger partial charge >= 0.3 is 0 Å². The fourth-order valence-electron chi connectivity index (χ4n) is 2.85. The van der Waals surface area contributed by atoms with Crippen molar-refractivity contribution in [1.82, 2.24) is 10.6 Å². The molecule has 0 spiro atoms. The van der Waals surface area contributed by atoms with Gasteiger partial charge in [-0.05, 0) is 53.6 Å². The first-order valence-electron chi connectivity index (χ1n) is 9.17. The summed E-state index contributed by atoms with van der Waals surface area (Å²) in [5.41, 5.74) is 8.25. The van der Waals surface area contributed by atoms with Crippen LogP contribution >= 0.6 is 11.8 Å². The number of nitrogens with zero attached hydrogens (tertiary/aromatic N) is 1. The molecule has 0 aliphatic heterocycles. The summed E-state index contributed by atoms with van der Waals surface area (Å²) < 4.78 is 26.5. The third-order valence-electron chi connectivity index (χ3n) is 4.45. The molecule has 4 N–H and O–H groups in total. The van der Waals surface area contributed by atoms with Crippen LogP contribution in [-0.2, 0) is 23.5 Å². The lowest BCUT2D eigenvalue weighted by molar-refractivity contribution is -0.121. The SMILES string of the molecule is CN=C(NCc1ccc(F)cc1CSC)NCC(Cc1ccc(F)cc1)C(N)=O. The Hall–Kier alpha value is -2.61. The largest absolute Gasteiger partial charge is 0.369 e. The van der Waals surface area contributed by atoms with Crippen molar-refractivity contribution in [2.24, 2.45) is 16.6 Å². The summed E-state index contributed by atoms with van der Waals surface area (Å²) in [6.07, 6.45) is 2.36. The molecule has 1 atom stereocenters. The number of nitrogens with one attached hydrogen (secondary N) is 2. The second kappa shape index (κ2) is 11.4. The first-order valence-corrected chi connectivity index (χ1v) is 10.6. The number of carbonyl (C=O) groups excluding carboxylic acids is 1. The number of carbonyl (C=O) groups is 1. The summed E-state index contributed by atoms with van der Waals surface area (Å²) >= 11 is 1.62. The molecule has 5 nitrogen and oxygen atoms in total. The number of nitrogens with two attached hydrogens (primary N) is 1. The lowest BCUT2D eigenvalue weighted by Gasteiger charge is -2.18. The number of amides is 1. The van der Waals surface area contributed by atoms with E-state index in [-0.39, 0.29) is 18.2 Å². The van der Waals surface area contributed by atoms with Crippen molar-refractivity contribution in [3.05, 3.63) is 70.8 Å². The summed E-state index contributed by atoms with van der Waals surface area (Å²) in [5, 5.41) is 6.28. The number of thioether (sulfide) groups is 1. The fraction of sp³-hybridized carbons (Fsp3) is 0.333. The molecule has 156 valence electrons. The maximum Gasteiger partial charge on any atom is 0.222 e. The van der Waals surface area contributed by atoms with Crippen LogP contribution in [0.3, 0.4) is 0 Å². The minimum atomic E-state index is -0.475. The van der Waals surface area contributed by atoms with Gasteiger partial charge in [0.2, 0.25) is 5.91 Å². The van der Waals surface area contributed by atoms with Crippen molar-refractivity contribution in [1.29, 1.82) is 0 Å². The molecule has 29 heavy (non-hydrogen) atoms. The molecule has 2 aromatic rings. The van der Waals surface area contributed by atoms with E-state index in [1.807, 2.05) is 6.26 Å². The Morgan fingerprint density at radius 1 is 1.10 bits per heavy atom. The van der Waals surface area contributed by atoms with Crippen LogP contribution in [0, 0.1) is 17.6 Å². The zero-order valence-corrected chi connectivity index (χ0v) is 17.4. The van der Waals surface area contributed by atoms with Crippen LogP contribution in [0.2, 0.25) is 0 Å². The zero-order chi connectivity index (χ0) is 21.2. The van der Waals surface area contributed by atoms with Crippen molar-refractivity contribution >= 4 is 23.6 Å². The average Bonchev–Trinajstić information content (AvgIpc) is 2.70. The van der Waals surface area contributed by atoms with Gasteiger partial charge in [-0.15, -0.1) is 0 Å². The Morgan fingerprint density at radius 3 is 2.41 bits per heavy atom. The van der Waals surface area contributed by atoms with E-state index in [0.717, 1.165) is 16.7 Å². The third-order valence-corrected chi connectivity index (χ3v) is 5.05. The highest BCUT2D eigenvalue weighted by Gasteiger charge is 2.17. The number of guanidine groups is 1. The average molecular weight is 421 g/mol. The van der Waals surface area contributed by atoms with Gasteiger partial charge in [-0.3, -0.25) is 9.79 Å². The molecule has 0 aliphatic rings. The van der Waals surface area contributed by atoms with Crippen molar-refractivity contribution in [3.8, 4) is 0 Å². The van der Waals surface area contributed by atoms with E-state index in [0.29, 0.717) is 24.7 Å². The minimum Gasteiger partial charge on any atom is -0.369 e. The molecule has 0 radical (unpaired) electrons. The van der Waals surface area contributed by atoms with E-state index in [9.17, 15) is 13.6 Å². The molecular weight excluding hydrogens is 394 g/mol. The quantitative estimate of drug-likeness (QED) is 0.431. The molecule has 2 rings (SSSR count). The van der Waals surface area contributed by atoms with E-state index in [1.165, 1.54) is 24.3 Å². The first-order chi connectivity index (χ1) is 13.9. The maximum absolute atomic E-state index is 13.5. The molecule has 1 amide bonds. The molecule has 0 heterocycles. The third kappa shape index (κ3) is 7.38. The van der Waals surface area contributed by atoms with Crippen molar-refractivity contribution in [3.63, 3.8) is 0 Å². The normalized spacial score (nSPS) is 12.5. The highest BCUT2D eigenvalue weighted by molar-refractivity contribution is 7.97. The zero-order valence-electron chi connectivity index (χ0n) is 16.5. The fourth-order valence-corrected chi connectivity index (χ4v) is 3.43. The van der Waals surface area contributed by atoms with Gasteiger partial charge < -0.3 is 16.4 Å². The number of hydrogen-bond acceptors (Lipinski definition) is 3. The summed E-state index contributed by atoms with van der Waals surface area (Å²) in [5.74, 6) is -0.286. The molecule has 1 unspecified atom stereocenters. The molecule has 0 aromatic heterocycles. The van der Waals surface area contributed by atoms with Crippen LogP contribution in [0.1, 0.15) is 16.7 Å². The molecule has 0 saturated carbocycles. The minimum absolute atomic E-state index is 0.259. The van der Waals surface area contributed by atoms with Crippen LogP contribution in [0.25, 0.3) is 0 Å². The van der Waals surface area contributed by atoms with Crippen LogP contribution in [0.5, 0.6) is 0 Å². The summed E-state index contributed by atoms with van der Waals surface area (Å²) in [6, 6.07) is 10.7. The number of primary amides is 1. The van der Waals surface area contributed by atoms with Crippen LogP contribution in [-0.4, -0.2) is 31.7 Å². The Kier molecular flexibility index (Phi) is 8.92. The number of benzene rings is 2. The van der Waals surface area contributed by atoms with Gasteiger partial charge in [-0.1, -0.05) is 18.2 Å². The van der Waals surface area contributed by atoms with Crippen LogP contribution in [0.15, 0.2) is 47.5 Å². The van der Waals surface area contributed by atoms with Gasteiger partial charge in [0.15, 0.2) is 5.96 Å². The van der Waals surface area contributed by atoms with Gasteiger partial charge in [0.25, 0.3) is 0 Å². The predicted octanol–water partition coefficient (Wildman–Crippen LogP) is 2.84. The van der Waals surface area contributed by atoms with Crippen molar-refractivity contribution < 1.29 is 13.6 Å². The molecule has 0 aliphatic carbocycles. The monoisotopic (exact) mass is 420 g/mol. The van der Waals surface area contributed by atoms with E-state index in [2.05, 4.69) is 15.6 Å². The number of rotatable bonds is 9. The summed E-state index contributed by atoms with van der Waals surface area (Å²) in [4.78, 5) is 16.0. The van der Waals surface area contributed by atoms with E-state index in [1.54, 1.807) is 37.0 Å². The van der Waals surface area contributed by atoms with Crippen LogP contribution < -0.4 is 16.4 Å². The second-order valence-corrected chi connectivity index (χ2v) is 7.45. The predicted molar refractivity (Wildman–Crippen MR) is 115 cm³/mol. The molecule has 0 bridgehead atoms. The van der Waals surface area contributed by atoms with Gasteiger partial charge in [-0.25, -0.2) is 8.78 Å². The molecule has 0 fully saturated rings. The van der Waals surface area contributed by atoms with Crippen LogP contribution in [0.4, 0.5) is 8.78 Å². The van der Waals surface area contributed by atoms with E-state index >= 15 is 0 Å². The lowest BCUT2D eigenvalue weighted by atomic mass is 9.98. The first kappa shape index (κ1) is 22.7. The Labute approximate surface area is 174 Å². The smallest absolute Gasteiger partial charge is 0.222 e. The Morgan fingerprint density at radius 2 is 1.79 bits per heavy atom. The summed E-state index contributed by atoms with van der Waals surface area (Å²) in [6.45, 7) is 0.752. The highest BCUT2D eigenvalue weighted by atomic mass is 32.2. The Bertz CT molecular complexity index is 843. The van der Waals surface area contributed by atoms with Gasteiger partial charge in [0, 0.05) is 25.9 Å². The van der Waals surface area contributed by atoms with Gasteiger partial charge in [0.05, 0.1) is 5.92 Å².